The number of nitrogens with zero attached hydrogens (tertiary/aromatic N) is 5. The van der Waals surface area contributed by atoms with Gasteiger partial charge in [-0.1, -0.05) is 41.4 Å². The Bertz CT molecular complexity index is 1180. The van der Waals surface area contributed by atoms with E-state index < -0.39 is 0 Å². The lowest BCUT2D eigenvalue weighted by atomic mass is 10.1. The third-order valence-electron chi connectivity index (χ3n) is 4.95. The van der Waals surface area contributed by atoms with Crippen LogP contribution in [0.5, 0.6) is 0 Å². The predicted octanol–water partition coefficient (Wildman–Crippen LogP) is 4.81. The van der Waals surface area contributed by atoms with Crippen LogP contribution in [0.4, 0.5) is 0 Å². The number of benzene rings is 1. The minimum Gasteiger partial charge on any atom is -0.387 e. The van der Waals surface area contributed by atoms with Crippen LogP contribution >= 0.6 is 22.9 Å². The number of rotatable bonds is 4. The highest BCUT2D eigenvalue weighted by molar-refractivity contribution is 7.19. The molecule has 1 aromatic carbocycles. The molecule has 3 aromatic heterocycles. The number of oxime groups is 1. The summed E-state index contributed by atoms with van der Waals surface area (Å²) >= 11 is 7.91. The Balaban J connectivity index is 1.41. The zero-order valence-corrected chi connectivity index (χ0v) is 16.7. The van der Waals surface area contributed by atoms with Gasteiger partial charge in [-0.15, -0.1) is 16.4 Å². The zero-order chi connectivity index (χ0) is 18.9. The molecule has 28 heavy (non-hydrogen) atoms. The summed E-state index contributed by atoms with van der Waals surface area (Å²) in [7, 11) is 0. The van der Waals surface area contributed by atoms with Crippen molar-refractivity contribution in [3.05, 3.63) is 57.4 Å². The molecule has 0 saturated carbocycles. The van der Waals surface area contributed by atoms with Crippen LogP contribution in [0.25, 0.3) is 15.9 Å². The van der Waals surface area contributed by atoms with E-state index in [0.29, 0.717) is 10.8 Å². The Labute approximate surface area is 170 Å². The van der Waals surface area contributed by atoms with Crippen LogP contribution in [0.1, 0.15) is 41.1 Å². The Morgan fingerprint density at radius 2 is 2.11 bits per heavy atom. The first-order chi connectivity index (χ1) is 13.8. The van der Waals surface area contributed by atoms with Crippen molar-refractivity contribution in [1.82, 2.24) is 19.6 Å². The number of hydrogen-bond donors (Lipinski definition) is 0. The maximum Gasteiger partial charge on any atom is 0.192 e. The van der Waals surface area contributed by atoms with Crippen molar-refractivity contribution in [1.29, 1.82) is 0 Å². The second-order valence-corrected chi connectivity index (χ2v) is 8.31. The topological polar surface area (TPSA) is 64.7 Å². The van der Waals surface area contributed by atoms with Gasteiger partial charge in [0.25, 0.3) is 0 Å². The highest BCUT2D eigenvalue weighted by Gasteiger charge is 2.19. The maximum atomic E-state index is 6.11. The Hall–Kier alpha value is -2.51. The number of hydrogen-bond acceptors (Lipinski definition) is 6. The van der Waals surface area contributed by atoms with Crippen LogP contribution in [0.3, 0.4) is 0 Å². The summed E-state index contributed by atoms with van der Waals surface area (Å²) in [6, 6.07) is 7.47. The Morgan fingerprint density at radius 1 is 1.21 bits per heavy atom. The molecule has 0 N–H and O–H groups in total. The van der Waals surface area contributed by atoms with E-state index in [9.17, 15) is 0 Å². The summed E-state index contributed by atoms with van der Waals surface area (Å²) < 4.78 is 1.75. The van der Waals surface area contributed by atoms with Crippen LogP contribution < -0.4 is 0 Å². The number of fused-ring (bicyclic) bond motifs is 5. The second kappa shape index (κ2) is 7.48. The molecule has 0 saturated heterocycles. The number of aromatic nitrogens is 4. The first-order valence-corrected chi connectivity index (χ1v) is 10.5. The molecule has 4 aromatic rings. The van der Waals surface area contributed by atoms with Gasteiger partial charge in [-0.05, 0) is 37.3 Å². The molecule has 0 spiro atoms. The fourth-order valence-electron chi connectivity index (χ4n) is 3.61. The van der Waals surface area contributed by atoms with Crippen molar-refractivity contribution in [2.75, 3.05) is 0 Å². The highest BCUT2D eigenvalue weighted by atomic mass is 35.5. The monoisotopic (exact) mass is 411 g/mol. The highest BCUT2D eigenvalue weighted by Crippen LogP contribution is 2.36. The Kier molecular flexibility index (Phi) is 4.70. The van der Waals surface area contributed by atoms with Crippen molar-refractivity contribution >= 4 is 45.0 Å². The van der Waals surface area contributed by atoms with Crippen molar-refractivity contribution in [2.24, 2.45) is 5.16 Å². The van der Waals surface area contributed by atoms with E-state index in [1.807, 2.05) is 24.3 Å². The van der Waals surface area contributed by atoms with Crippen molar-refractivity contribution in [3.63, 3.8) is 0 Å². The summed E-state index contributed by atoms with van der Waals surface area (Å²) in [6.07, 6.45) is 9.33. The van der Waals surface area contributed by atoms with E-state index >= 15 is 0 Å². The largest absolute Gasteiger partial charge is 0.387 e. The number of thiophene rings is 1. The normalized spacial score (nSPS) is 14.6. The van der Waals surface area contributed by atoms with Gasteiger partial charge in [0.05, 0.1) is 11.6 Å². The average molecular weight is 412 g/mol. The molecule has 0 unspecified atom stereocenters. The van der Waals surface area contributed by atoms with Crippen molar-refractivity contribution in [2.45, 2.75) is 38.7 Å². The van der Waals surface area contributed by atoms with Gasteiger partial charge in [0, 0.05) is 15.5 Å². The molecule has 0 amide bonds. The summed E-state index contributed by atoms with van der Waals surface area (Å²) in [5, 5.41) is 10.3. The molecule has 0 radical (unpaired) electrons. The standard InChI is InChI=1S/C20H18ClN5OS/c21-15-8-5-4-6-13(15)10-23-27-11-17-24-19-18-14-7-2-1-3-9-16(14)28-20(18)22-12-26(19)25-17/h4-6,8,10,12H,1-3,7,9,11H2/b23-10+. The third-order valence-corrected chi connectivity index (χ3v) is 6.50. The van der Waals surface area contributed by atoms with Crippen molar-refractivity contribution in [3.8, 4) is 0 Å². The Morgan fingerprint density at radius 3 is 3.04 bits per heavy atom. The molecular formula is C20H18ClN5OS. The minimum atomic E-state index is 0.191. The number of halogens is 1. The summed E-state index contributed by atoms with van der Waals surface area (Å²) in [5.74, 6) is 0.583. The van der Waals surface area contributed by atoms with E-state index in [2.05, 4.69) is 15.2 Å². The molecular weight excluding hydrogens is 394 g/mol. The molecule has 3 heterocycles. The fourth-order valence-corrected chi connectivity index (χ4v) is 5.01. The van der Waals surface area contributed by atoms with Gasteiger partial charge in [0.15, 0.2) is 18.1 Å². The summed E-state index contributed by atoms with van der Waals surface area (Å²) in [6.45, 7) is 0.191. The quantitative estimate of drug-likeness (QED) is 0.274. The maximum absolute atomic E-state index is 6.11. The average Bonchev–Trinajstić information content (AvgIpc) is 3.19. The van der Waals surface area contributed by atoms with Gasteiger partial charge in [0.2, 0.25) is 0 Å². The van der Waals surface area contributed by atoms with E-state index in [0.717, 1.165) is 34.3 Å². The molecule has 5 rings (SSSR count). The molecule has 0 aliphatic heterocycles. The molecule has 1 aliphatic carbocycles. The molecule has 142 valence electrons. The summed E-state index contributed by atoms with van der Waals surface area (Å²) in [5.41, 5.74) is 3.07. The minimum absolute atomic E-state index is 0.191. The van der Waals surface area contributed by atoms with Gasteiger partial charge in [-0.2, -0.15) is 0 Å². The third kappa shape index (κ3) is 3.25. The van der Waals surface area contributed by atoms with Crippen molar-refractivity contribution < 1.29 is 4.84 Å². The van der Waals surface area contributed by atoms with Gasteiger partial charge >= 0.3 is 0 Å². The van der Waals surface area contributed by atoms with Gasteiger partial charge in [0.1, 0.15) is 11.2 Å². The van der Waals surface area contributed by atoms with Crippen LogP contribution in [0.15, 0.2) is 35.7 Å². The smallest absolute Gasteiger partial charge is 0.192 e. The van der Waals surface area contributed by atoms with Gasteiger partial charge < -0.3 is 4.84 Å². The lowest BCUT2D eigenvalue weighted by molar-refractivity contribution is 0.126. The van der Waals surface area contributed by atoms with Crippen LogP contribution in [-0.2, 0) is 24.3 Å². The lowest BCUT2D eigenvalue weighted by Crippen LogP contribution is -1.93. The van der Waals surface area contributed by atoms with Gasteiger partial charge in [-0.25, -0.2) is 14.5 Å². The van der Waals surface area contributed by atoms with Crippen LogP contribution in [-0.4, -0.2) is 25.8 Å². The molecule has 0 bridgehead atoms. The van der Waals surface area contributed by atoms with Crippen LogP contribution in [0, 0.1) is 0 Å². The molecule has 6 nitrogen and oxygen atoms in total. The fraction of sp³-hybridized carbons (Fsp3) is 0.300. The molecule has 8 heteroatoms. The first kappa shape index (κ1) is 17.6. The van der Waals surface area contributed by atoms with E-state index in [4.69, 9.17) is 21.4 Å². The molecule has 0 fully saturated rings. The van der Waals surface area contributed by atoms with E-state index in [1.165, 1.54) is 29.7 Å². The summed E-state index contributed by atoms with van der Waals surface area (Å²) in [4.78, 5) is 17.2. The molecule has 1 aliphatic rings. The molecule has 0 atom stereocenters. The van der Waals surface area contributed by atoms with Crippen LogP contribution in [0.2, 0.25) is 5.02 Å². The lowest BCUT2D eigenvalue weighted by Gasteiger charge is -1.98. The van der Waals surface area contributed by atoms with Gasteiger partial charge in [-0.3, -0.25) is 0 Å². The first-order valence-electron chi connectivity index (χ1n) is 9.34. The zero-order valence-electron chi connectivity index (χ0n) is 15.1. The second-order valence-electron chi connectivity index (χ2n) is 6.81. The SMILES string of the molecule is Clc1ccccc1/C=N/OCc1nc2c3c4c(sc3ncn2n1)CCCCC4. The number of aryl methyl sites for hydroxylation is 2. The van der Waals surface area contributed by atoms with E-state index in [1.54, 1.807) is 28.4 Å². The predicted molar refractivity (Wildman–Crippen MR) is 111 cm³/mol. The van der Waals surface area contributed by atoms with E-state index in [-0.39, 0.29) is 6.61 Å².